The Labute approximate surface area is 115 Å². The Morgan fingerprint density at radius 1 is 1.00 bits per heavy atom. The van der Waals surface area contributed by atoms with Gasteiger partial charge in [0.1, 0.15) is 0 Å². The summed E-state index contributed by atoms with van der Waals surface area (Å²) in [5.74, 6) is 0. The average Bonchev–Trinajstić information content (AvgIpc) is 2.77. The number of anilines is 1. The second kappa shape index (κ2) is 4.73. The third-order valence-electron chi connectivity index (χ3n) is 4.13. The van der Waals surface area contributed by atoms with Crippen LogP contribution in [-0.2, 0) is 6.42 Å². The SMILES string of the molecule is Cc1cc(C)c(NC2CCc3ccccc32)c(C)c1. The summed E-state index contributed by atoms with van der Waals surface area (Å²) in [6.07, 6.45) is 2.39. The first kappa shape index (κ1) is 12.3. The Balaban J connectivity index is 1.92. The predicted octanol–water partition coefficient (Wildman–Crippen LogP) is 4.71. The fourth-order valence-electron chi connectivity index (χ4n) is 3.29. The van der Waals surface area contributed by atoms with Crippen LogP contribution in [0, 0.1) is 20.8 Å². The van der Waals surface area contributed by atoms with Gasteiger partial charge in [0.25, 0.3) is 0 Å². The highest BCUT2D eigenvalue weighted by atomic mass is 14.9. The lowest BCUT2D eigenvalue weighted by Gasteiger charge is -2.20. The molecule has 0 bridgehead atoms. The fourth-order valence-corrected chi connectivity index (χ4v) is 3.29. The van der Waals surface area contributed by atoms with Gasteiger partial charge in [0.15, 0.2) is 0 Å². The molecule has 19 heavy (non-hydrogen) atoms. The zero-order chi connectivity index (χ0) is 13.4. The van der Waals surface area contributed by atoms with E-state index in [0.717, 1.165) is 0 Å². The molecule has 0 heterocycles. The third kappa shape index (κ3) is 2.25. The van der Waals surface area contributed by atoms with Crippen LogP contribution in [0.25, 0.3) is 0 Å². The Kier molecular flexibility index (Phi) is 3.06. The minimum absolute atomic E-state index is 0.469. The van der Waals surface area contributed by atoms with E-state index in [9.17, 15) is 0 Å². The third-order valence-corrected chi connectivity index (χ3v) is 4.13. The quantitative estimate of drug-likeness (QED) is 0.815. The number of fused-ring (bicyclic) bond motifs is 1. The molecule has 1 unspecified atom stereocenters. The van der Waals surface area contributed by atoms with Gasteiger partial charge in [0.05, 0.1) is 6.04 Å². The van der Waals surface area contributed by atoms with Gasteiger partial charge in [-0.15, -0.1) is 0 Å². The zero-order valence-corrected chi connectivity index (χ0v) is 12.0. The van der Waals surface area contributed by atoms with Crippen LogP contribution in [0.2, 0.25) is 0 Å². The molecule has 1 aliphatic rings. The summed E-state index contributed by atoms with van der Waals surface area (Å²) in [7, 11) is 0. The maximum atomic E-state index is 3.76. The normalized spacial score (nSPS) is 17.3. The zero-order valence-electron chi connectivity index (χ0n) is 12.0. The van der Waals surface area contributed by atoms with Crippen LogP contribution in [0.1, 0.15) is 40.3 Å². The van der Waals surface area contributed by atoms with E-state index >= 15 is 0 Å². The molecular formula is C18H21N. The molecule has 1 N–H and O–H groups in total. The van der Waals surface area contributed by atoms with Gasteiger partial charge in [-0.3, -0.25) is 0 Å². The predicted molar refractivity (Wildman–Crippen MR) is 81.8 cm³/mol. The molecule has 0 amide bonds. The van der Waals surface area contributed by atoms with Gasteiger partial charge in [-0.25, -0.2) is 0 Å². The van der Waals surface area contributed by atoms with Crippen molar-refractivity contribution in [3.05, 3.63) is 64.2 Å². The number of hydrogen-bond donors (Lipinski definition) is 1. The summed E-state index contributed by atoms with van der Waals surface area (Å²) in [6.45, 7) is 6.56. The second-order valence-corrected chi connectivity index (χ2v) is 5.71. The lowest BCUT2D eigenvalue weighted by atomic mass is 10.0. The van der Waals surface area contributed by atoms with Crippen molar-refractivity contribution in [2.45, 2.75) is 39.7 Å². The average molecular weight is 251 g/mol. The molecule has 0 saturated carbocycles. The second-order valence-electron chi connectivity index (χ2n) is 5.71. The Morgan fingerprint density at radius 2 is 1.68 bits per heavy atom. The first-order chi connectivity index (χ1) is 9.15. The molecule has 1 heteroatoms. The molecule has 3 rings (SSSR count). The molecule has 0 aromatic heterocycles. The number of nitrogens with one attached hydrogen (secondary N) is 1. The summed E-state index contributed by atoms with van der Waals surface area (Å²) in [4.78, 5) is 0. The first-order valence-corrected chi connectivity index (χ1v) is 7.07. The lowest BCUT2D eigenvalue weighted by molar-refractivity contribution is 0.760. The highest BCUT2D eigenvalue weighted by Gasteiger charge is 2.22. The van der Waals surface area contributed by atoms with Crippen molar-refractivity contribution >= 4 is 5.69 Å². The summed E-state index contributed by atoms with van der Waals surface area (Å²) >= 11 is 0. The van der Waals surface area contributed by atoms with Gasteiger partial charge in [0.2, 0.25) is 0 Å². The Hall–Kier alpha value is -1.76. The number of rotatable bonds is 2. The number of benzene rings is 2. The summed E-state index contributed by atoms with van der Waals surface area (Å²) in [5.41, 5.74) is 8.33. The van der Waals surface area contributed by atoms with E-state index in [4.69, 9.17) is 0 Å². The van der Waals surface area contributed by atoms with Crippen LogP contribution < -0.4 is 5.32 Å². The minimum atomic E-state index is 0.469. The van der Waals surface area contributed by atoms with Gasteiger partial charge in [-0.1, -0.05) is 42.0 Å². The van der Waals surface area contributed by atoms with Crippen LogP contribution in [0.3, 0.4) is 0 Å². The van der Waals surface area contributed by atoms with Crippen molar-refractivity contribution in [2.75, 3.05) is 5.32 Å². The summed E-state index contributed by atoms with van der Waals surface area (Å²) in [5, 5.41) is 3.76. The van der Waals surface area contributed by atoms with Gasteiger partial charge in [-0.05, 0) is 55.9 Å². The molecule has 98 valence electrons. The first-order valence-electron chi connectivity index (χ1n) is 7.07. The van der Waals surface area contributed by atoms with Crippen molar-refractivity contribution in [3.63, 3.8) is 0 Å². The molecule has 2 aromatic rings. The van der Waals surface area contributed by atoms with Gasteiger partial charge < -0.3 is 5.32 Å². The summed E-state index contributed by atoms with van der Waals surface area (Å²) < 4.78 is 0. The standard InChI is InChI=1S/C18H21N/c1-12-10-13(2)18(14(3)11-12)19-17-9-8-15-6-4-5-7-16(15)17/h4-7,10-11,17,19H,8-9H2,1-3H3. The van der Waals surface area contributed by atoms with Crippen molar-refractivity contribution in [1.29, 1.82) is 0 Å². The van der Waals surface area contributed by atoms with Gasteiger partial charge in [-0.2, -0.15) is 0 Å². The van der Waals surface area contributed by atoms with Crippen LogP contribution in [-0.4, -0.2) is 0 Å². The van der Waals surface area contributed by atoms with Crippen LogP contribution >= 0.6 is 0 Å². The Morgan fingerprint density at radius 3 is 2.42 bits per heavy atom. The van der Waals surface area contributed by atoms with Gasteiger partial charge >= 0.3 is 0 Å². The van der Waals surface area contributed by atoms with E-state index in [1.54, 1.807) is 0 Å². The van der Waals surface area contributed by atoms with Crippen molar-refractivity contribution in [2.24, 2.45) is 0 Å². The van der Waals surface area contributed by atoms with E-state index < -0.39 is 0 Å². The van der Waals surface area contributed by atoms with Crippen molar-refractivity contribution in [3.8, 4) is 0 Å². The van der Waals surface area contributed by atoms with Gasteiger partial charge in [0, 0.05) is 5.69 Å². The minimum Gasteiger partial charge on any atom is -0.378 e. The van der Waals surface area contributed by atoms with E-state index in [-0.39, 0.29) is 0 Å². The number of aryl methyl sites for hydroxylation is 4. The fraction of sp³-hybridized carbons (Fsp3) is 0.333. The highest BCUT2D eigenvalue weighted by Crippen LogP contribution is 2.35. The lowest BCUT2D eigenvalue weighted by Crippen LogP contribution is -2.09. The molecule has 0 radical (unpaired) electrons. The molecule has 0 saturated heterocycles. The molecule has 1 nitrogen and oxygen atoms in total. The van der Waals surface area contributed by atoms with Crippen molar-refractivity contribution < 1.29 is 0 Å². The monoisotopic (exact) mass is 251 g/mol. The number of hydrogen-bond acceptors (Lipinski definition) is 1. The highest BCUT2D eigenvalue weighted by molar-refractivity contribution is 5.60. The van der Waals surface area contributed by atoms with Crippen LogP contribution in [0.15, 0.2) is 36.4 Å². The van der Waals surface area contributed by atoms with Crippen LogP contribution in [0.4, 0.5) is 5.69 Å². The molecule has 0 fully saturated rings. The van der Waals surface area contributed by atoms with E-state index in [1.807, 2.05) is 0 Å². The maximum Gasteiger partial charge on any atom is 0.0519 e. The largest absolute Gasteiger partial charge is 0.378 e. The van der Waals surface area contributed by atoms with E-state index in [0.29, 0.717) is 6.04 Å². The van der Waals surface area contributed by atoms with E-state index in [2.05, 4.69) is 62.5 Å². The molecule has 1 atom stereocenters. The Bertz CT molecular complexity index is 590. The smallest absolute Gasteiger partial charge is 0.0519 e. The van der Waals surface area contributed by atoms with E-state index in [1.165, 1.54) is 46.3 Å². The molecule has 1 aliphatic carbocycles. The maximum absolute atomic E-state index is 3.76. The molecule has 0 spiro atoms. The summed E-state index contributed by atoms with van der Waals surface area (Å²) in [6, 6.07) is 13.8. The molecular weight excluding hydrogens is 230 g/mol. The van der Waals surface area contributed by atoms with Crippen molar-refractivity contribution in [1.82, 2.24) is 0 Å². The topological polar surface area (TPSA) is 12.0 Å². The molecule has 2 aromatic carbocycles. The van der Waals surface area contributed by atoms with Crippen LogP contribution in [0.5, 0.6) is 0 Å². The molecule has 0 aliphatic heterocycles.